The van der Waals surface area contributed by atoms with Crippen LogP contribution in [0.1, 0.15) is 25.0 Å². The third-order valence-electron chi connectivity index (χ3n) is 2.75. The zero-order valence-electron chi connectivity index (χ0n) is 10.0. The molecule has 1 atom stereocenters. The molecule has 3 nitrogen and oxygen atoms in total. The highest BCUT2D eigenvalue weighted by molar-refractivity contribution is 5.80. The summed E-state index contributed by atoms with van der Waals surface area (Å²) < 4.78 is 37.2. The molecule has 0 saturated carbocycles. The van der Waals surface area contributed by atoms with Crippen molar-refractivity contribution < 1.29 is 23.1 Å². The highest BCUT2D eigenvalue weighted by atomic mass is 19.4. The molecule has 0 aromatic heterocycles. The van der Waals surface area contributed by atoms with E-state index in [0.717, 1.165) is 12.1 Å². The minimum atomic E-state index is -4.42. The Morgan fingerprint density at radius 3 is 2.00 bits per heavy atom. The normalized spacial score (nSPS) is 15.2. The average molecular weight is 261 g/mol. The zero-order chi connectivity index (χ0) is 14.0. The number of rotatable bonds is 4. The second-order valence-corrected chi connectivity index (χ2v) is 4.04. The minimum Gasteiger partial charge on any atom is -0.480 e. The van der Waals surface area contributed by atoms with Gasteiger partial charge in [0.1, 0.15) is 5.54 Å². The molecule has 1 aromatic rings. The molecule has 0 aliphatic rings. The fourth-order valence-electron chi connectivity index (χ4n) is 1.65. The highest BCUT2D eigenvalue weighted by Crippen LogP contribution is 2.31. The van der Waals surface area contributed by atoms with E-state index in [1.807, 2.05) is 0 Å². The Morgan fingerprint density at radius 1 is 1.22 bits per heavy atom. The van der Waals surface area contributed by atoms with E-state index in [0.29, 0.717) is 6.54 Å². The molecule has 100 valence electrons. The van der Waals surface area contributed by atoms with Gasteiger partial charge in [0, 0.05) is 0 Å². The van der Waals surface area contributed by atoms with Crippen molar-refractivity contribution in [1.29, 1.82) is 0 Å². The van der Waals surface area contributed by atoms with Gasteiger partial charge >= 0.3 is 12.1 Å². The zero-order valence-corrected chi connectivity index (χ0v) is 10.0. The van der Waals surface area contributed by atoms with Crippen LogP contribution < -0.4 is 5.32 Å². The Balaban J connectivity index is 3.13. The van der Waals surface area contributed by atoms with Gasteiger partial charge in [-0.3, -0.25) is 5.32 Å². The number of alkyl halides is 3. The monoisotopic (exact) mass is 261 g/mol. The Morgan fingerprint density at radius 2 is 1.67 bits per heavy atom. The van der Waals surface area contributed by atoms with Crippen molar-refractivity contribution in [2.75, 3.05) is 6.54 Å². The van der Waals surface area contributed by atoms with E-state index in [2.05, 4.69) is 5.32 Å². The second kappa shape index (κ2) is 4.97. The summed E-state index contributed by atoms with van der Waals surface area (Å²) in [6.07, 6.45) is -4.42. The van der Waals surface area contributed by atoms with Crippen molar-refractivity contribution in [3.63, 3.8) is 0 Å². The number of carbonyl (C=O) groups is 1. The molecule has 1 aromatic carbocycles. The summed E-state index contributed by atoms with van der Waals surface area (Å²) >= 11 is 0. The summed E-state index contributed by atoms with van der Waals surface area (Å²) in [6.45, 7) is 3.54. The molecule has 0 spiro atoms. The highest BCUT2D eigenvalue weighted by Gasteiger charge is 2.35. The summed E-state index contributed by atoms with van der Waals surface area (Å²) in [5.41, 5.74) is -1.90. The molecule has 2 N–H and O–H groups in total. The second-order valence-electron chi connectivity index (χ2n) is 4.04. The van der Waals surface area contributed by atoms with Crippen LogP contribution in [-0.4, -0.2) is 17.6 Å². The van der Waals surface area contributed by atoms with Crippen LogP contribution in [0.5, 0.6) is 0 Å². The molecule has 1 rings (SSSR count). The molecule has 0 aliphatic heterocycles. The van der Waals surface area contributed by atoms with Gasteiger partial charge in [0.15, 0.2) is 0 Å². The van der Waals surface area contributed by atoms with E-state index in [1.54, 1.807) is 6.92 Å². The molecule has 1 unspecified atom stereocenters. The van der Waals surface area contributed by atoms with E-state index in [1.165, 1.54) is 19.1 Å². The van der Waals surface area contributed by atoms with Crippen molar-refractivity contribution in [3.05, 3.63) is 35.4 Å². The Hall–Kier alpha value is -1.56. The Kier molecular flexibility index (Phi) is 4.01. The van der Waals surface area contributed by atoms with Crippen molar-refractivity contribution in [1.82, 2.24) is 5.32 Å². The SMILES string of the molecule is CCNC(C)(C(=O)O)c1ccc(C(F)(F)F)cc1. The van der Waals surface area contributed by atoms with Crippen LogP contribution in [0.25, 0.3) is 0 Å². The van der Waals surface area contributed by atoms with E-state index < -0.39 is 23.2 Å². The van der Waals surface area contributed by atoms with Gasteiger partial charge in [0.25, 0.3) is 0 Å². The van der Waals surface area contributed by atoms with Crippen LogP contribution in [0, 0.1) is 0 Å². The maximum absolute atomic E-state index is 12.4. The largest absolute Gasteiger partial charge is 0.480 e. The maximum atomic E-state index is 12.4. The quantitative estimate of drug-likeness (QED) is 0.876. The van der Waals surface area contributed by atoms with Crippen molar-refractivity contribution in [2.45, 2.75) is 25.6 Å². The van der Waals surface area contributed by atoms with Gasteiger partial charge in [0.05, 0.1) is 5.56 Å². The number of benzene rings is 1. The first-order valence-corrected chi connectivity index (χ1v) is 5.38. The van der Waals surface area contributed by atoms with Gasteiger partial charge in [-0.05, 0) is 31.2 Å². The van der Waals surface area contributed by atoms with Gasteiger partial charge in [0.2, 0.25) is 0 Å². The molecule has 0 amide bonds. The molecular weight excluding hydrogens is 247 g/mol. The lowest BCUT2D eigenvalue weighted by Gasteiger charge is -2.26. The van der Waals surface area contributed by atoms with E-state index in [4.69, 9.17) is 5.11 Å². The number of halogens is 3. The van der Waals surface area contributed by atoms with Crippen LogP contribution in [0.15, 0.2) is 24.3 Å². The summed E-state index contributed by atoms with van der Waals surface area (Å²) in [5, 5.41) is 11.9. The lowest BCUT2D eigenvalue weighted by atomic mass is 9.91. The number of hydrogen-bond donors (Lipinski definition) is 2. The fourth-order valence-corrected chi connectivity index (χ4v) is 1.65. The van der Waals surface area contributed by atoms with E-state index in [9.17, 15) is 18.0 Å². The van der Waals surface area contributed by atoms with Crippen molar-refractivity contribution >= 4 is 5.97 Å². The topological polar surface area (TPSA) is 49.3 Å². The van der Waals surface area contributed by atoms with Crippen LogP contribution in [-0.2, 0) is 16.5 Å². The number of likely N-dealkylation sites (N-methyl/N-ethyl adjacent to an activating group) is 1. The first kappa shape index (κ1) is 14.5. The first-order valence-electron chi connectivity index (χ1n) is 5.38. The molecule has 0 bridgehead atoms. The van der Waals surface area contributed by atoms with Gasteiger partial charge in [-0.1, -0.05) is 19.1 Å². The lowest BCUT2D eigenvalue weighted by Crippen LogP contribution is -2.46. The first-order chi connectivity index (χ1) is 8.21. The molecule has 0 fully saturated rings. The molecule has 0 heterocycles. The number of nitrogens with one attached hydrogen (secondary N) is 1. The number of hydrogen-bond acceptors (Lipinski definition) is 2. The van der Waals surface area contributed by atoms with Gasteiger partial charge < -0.3 is 5.11 Å². The van der Waals surface area contributed by atoms with Crippen LogP contribution in [0.4, 0.5) is 13.2 Å². The maximum Gasteiger partial charge on any atom is 0.416 e. The van der Waals surface area contributed by atoms with Gasteiger partial charge in [-0.2, -0.15) is 13.2 Å². The fraction of sp³-hybridized carbons (Fsp3) is 0.417. The molecule has 0 radical (unpaired) electrons. The Bertz CT molecular complexity index is 428. The van der Waals surface area contributed by atoms with Crippen molar-refractivity contribution in [2.24, 2.45) is 0 Å². The van der Waals surface area contributed by atoms with Crippen LogP contribution >= 0.6 is 0 Å². The van der Waals surface area contributed by atoms with E-state index >= 15 is 0 Å². The summed E-state index contributed by atoms with van der Waals surface area (Å²) in [7, 11) is 0. The smallest absolute Gasteiger partial charge is 0.416 e. The Labute approximate surface area is 103 Å². The number of carboxylic acids is 1. The molecular formula is C12H14F3NO2. The minimum absolute atomic E-state index is 0.282. The number of carboxylic acid groups (broad SMARTS) is 1. The summed E-state index contributed by atoms with van der Waals surface area (Å²) in [5.74, 6) is -1.14. The lowest BCUT2D eigenvalue weighted by molar-refractivity contribution is -0.144. The number of aliphatic carboxylic acids is 1. The molecule has 18 heavy (non-hydrogen) atoms. The van der Waals surface area contributed by atoms with Gasteiger partial charge in [-0.25, -0.2) is 4.79 Å². The molecule has 0 aliphatic carbocycles. The predicted octanol–water partition coefficient (Wildman–Crippen LogP) is 2.61. The molecule has 0 saturated heterocycles. The average Bonchev–Trinajstić information content (AvgIpc) is 2.28. The van der Waals surface area contributed by atoms with Gasteiger partial charge in [-0.15, -0.1) is 0 Å². The predicted molar refractivity (Wildman–Crippen MR) is 60.1 cm³/mol. The van der Waals surface area contributed by atoms with Crippen LogP contribution in [0.3, 0.4) is 0 Å². The summed E-state index contributed by atoms with van der Waals surface area (Å²) in [4.78, 5) is 11.2. The standard InChI is InChI=1S/C12H14F3NO2/c1-3-16-11(2,10(17)18)8-4-6-9(7-5-8)12(13,14)15/h4-7,16H,3H2,1-2H3,(H,17,18). The third-order valence-corrected chi connectivity index (χ3v) is 2.75. The van der Waals surface area contributed by atoms with Crippen molar-refractivity contribution in [3.8, 4) is 0 Å². The summed E-state index contributed by atoms with van der Waals surface area (Å²) in [6, 6.07) is 4.13. The van der Waals surface area contributed by atoms with Crippen LogP contribution in [0.2, 0.25) is 0 Å². The molecule has 6 heteroatoms. The van der Waals surface area contributed by atoms with E-state index in [-0.39, 0.29) is 5.56 Å². The third kappa shape index (κ3) is 2.81.